The van der Waals surface area contributed by atoms with Gasteiger partial charge in [-0.3, -0.25) is 0 Å². The highest BCUT2D eigenvalue weighted by Crippen LogP contribution is 2.16. The number of anilines is 1. The van der Waals surface area contributed by atoms with Crippen molar-refractivity contribution in [1.82, 2.24) is 0 Å². The summed E-state index contributed by atoms with van der Waals surface area (Å²) in [5.41, 5.74) is 6.08. The third-order valence-corrected chi connectivity index (χ3v) is 4.53. The van der Waals surface area contributed by atoms with E-state index in [1.165, 1.54) is 18.9 Å². The Morgan fingerprint density at radius 3 is 2.47 bits per heavy atom. The molecule has 2 N–H and O–H groups in total. The Bertz CT molecular complexity index is 440. The number of nitrogen functional groups attached to an aromatic ring is 1. The number of hydrogen-bond donors (Lipinski definition) is 1. The SMILES string of the molecule is CCCCCCCS(=O)(=O)c1cccc(N)c1. The largest absolute Gasteiger partial charge is 0.399 e. The molecule has 0 aliphatic carbocycles. The molecule has 0 aliphatic rings. The second-order valence-corrected chi connectivity index (χ2v) is 6.41. The molecular weight excluding hydrogens is 234 g/mol. The van der Waals surface area contributed by atoms with Gasteiger partial charge in [0.25, 0.3) is 0 Å². The van der Waals surface area contributed by atoms with Gasteiger partial charge in [-0.25, -0.2) is 8.42 Å². The predicted molar refractivity (Wildman–Crippen MR) is 71.7 cm³/mol. The second-order valence-electron chi connectivity index (χ2n) is 4.31. The highest BCUT2D eigenvalue weighted by molar-refractivity contribution is 7.91. The van der Waals surface area contributed by atoms with Crippen LogP contribution in [0.1, 0.15) is 39.0 Å². The monoisotopic (exact) mass is 255 g/mol. The van der Waals surface area contributed by atoms with Gasteiger partial charge in [0.1, 0.15) is 0 Å². The summed E-state index contributed by atoms with van der Waals surface area (Å²) in [6.45, 7) is 2.14. The van der Waals surface area contributed by atoms with Crippen LogP contribution in [-0.2, 0) is 9.84 Å². The maximum Gasteiger partial charge on any atom is 0.178 e. The topological polar surface area (TPSA) is 60.2 Å². The minimum Gasteiger partial charge on any atom is -0.399 e. The Kier molecular flexibility index (Phi) is 5.48. The zero-order valence-corrected chi connectivity index (χ0v) is 11.2. The Balaban J connectivity index is 2.51. The third kappa shape index (κ3) is 4.77. The van der Waals surface area contributed by atoms with E-state index in [2.05, 4.69) is 6.92 Å². The summed E-state index contributed by atoms with van der Waals surface area (Å²) in [5, 5.41) is 0. The fourth-order valence-electron chi connectivity index (χ4n) is 1.72. The lowest BCUT2D eigenvalue weighted by molar-refractivity contribution is 0.587. The van der Waals surface area contributed by atoms with Crippen LogP contribution in [0.15, 0.2) is 29.2 Å². The summed E-state index contributed by atoms with van der Waals surface area (Å²) in [6.07, 6.45) is 5.18. The molecule has 0 fully saturated rings. The van der Waals surface area contributed by atoms with Crippen LogP contribution in [-0.4, -0.2) is 14.2 Å². The van der Waals surface area contributed by atoms with Crippen molar-refractivity contribution in [3.63, 3.8) is 0 Å². The fourth-order valence-corrected chi connectivity index (χ4v) is 3.14. The lowest BCUT2D eigenvalue weighted by atomic mass is 10.2. The summed E-state index contributed by atoms with van der Waals surface area (Å²) in [5.74, 6) is 0.222. The third-order valence-electron chi connectivity index (χ3n) is 2.73. The first-order chi connectivity index (χ1) is 8.06. The van der Waals surface area contributed by atoms with Crippen LogP contribution < -0.4 is 5.73 Å². The molecule has 0 spiro atoms. The van der Waals surface area contributed by atoms with E-state index in [1.54, 1.807) is 18.2 Å². The standard InChI is InChI=1S/C13H21NO2S/c1-2-3-4-5-6-10-17(15,16)13-9-7-8-12(14)11-13/h7-9,11H,2-6,10,14H2,1H3. The van der Waals surface area contributed by atoms with E-state index in [-0.39, 0.29) is 5.75 Å². The Morgan fingerprint density at radius 2 is 1.82 bits per heavy atom. The minimum atomic E-state index is -3.15. The summed E-state index contributed by atoms with van der Waals surface area (Å²) in [7, 11) is -3.15. The lowest BCUT2D eigenvalue weighted by Crippen LogP contribution is -2.07. The number of rotatable bonds is 7. The van der Waals surface area contributed by atoms with Crippen molar-refractivity contribution in [2.24, 2.45) is 0 Å². The number of nitrogens with two attached hydrogens (primary N) is 1. The van der Waals surface area contributed by atoms with Crippen LogP contribution in [0.2, 0.25) is 0 Å². The first-order valence-electron chi connectivity index (χ1n) is 6.14. The van der Waals surface area contributed by atoms with Crippen LogP contribution in [0.3, 0.4) is 0 Å². The van der Waals surface area contributed by atoms with Crippen molar-refractivity contribution < 1.29 is 8.42 Å². The molecule has 1 aromatic rings. The molecule has 0 saturated heterocycles. The van der Waals surface area contributed by atoms with Crippen molar-refractivity contribution in [3.8, 4) is 0 Å². The lowest BCUT2D eigenvalue weighted by Gasteiger charge is -2.05. The molecule has 1 rings (SSSR count). The molecule has 4 heteroatoms. The van der Waals surface area contributed by atoms with Crippen LogP contribution in [0.4, 0.5) is 5.69 Å². The number of hydrogen-bond acceptors (Lipinski definition) is 3. The van der Waals surface area contributed by atoms with Gasteiger partial charge in [0.05, 0.1) is 10.6 Å². The van der Waals surface area contributed by atoms with Gasteiger partial charge in [0.15, 0.2) is 9.84 Å². The van der Waals surface area contributed by atoms with Gasteiger partial charge in [-0.05, 0) is 24.6 Å². The van der Waals surface area contributed by atoms with E-state index in [1.807, 2.05) is 0 Å². The van der Waals surface area contributed by atoms with Gasteiger partial charge < -0.3 is 5.73 Å². The number of benzene rings is 1. The van der Waals surface area contributed by atoms with Gasteiger partial charge >= 0.3 is 0 Å². The number of sulfone groups is 1. The second kappa shape index (κ2) is 6.64. The summed E-state index contributed by atoms with van der Waals surface area (Å²) < 4.78 is 23.9. The van der Waals surface area contributed by atoms with E-state index in [0.717, 1.165) is 19.3 Å². The molecule has 0 heterocycles. The first-order valence-corrected chi connectivity index (χ1v) is 7.80. The Hall–Kier alpha value is -1.03. The van der Waals surface area contributed by atoms with Crippen LogP contribution in [0, 0.1) is 0 Å². The maximum absolute atomic E-state index is 12.0. The van der Waals surface area contributed by atoms with Crippen molar-refractivity contribution in [1.29, 1.82) is 0 Å². The zero-order chi connectivity index (χ0) is 12.7. The van der Waals surface area contributed by atoms with Gasteiger partial charge in [-0.15, -0.1) is 0 Å². The summed E-state index contributed by atoms with van der Waals surface area (Å²) >= 11 is 0. The molecule has 0 amide bonds. The van der Waals surface area contributed by atoms with E-state index in [4.69, 9.17) is 5.73 Å². The molecule has 0 atom stereocenters. The molecule has 1 aromatic carbocycles. The van der Waals surface area contributed by atoms with Crippen molar-refractivity contribution >= 4 is 15.5 Å². The molecular formula is C13H21NO2S. The van der Waals surface area contributed by atoms with Gasteiger partial charge in [0, 0.05) is 5.69 Å². The normalized spacial score (nSPS) is 11.6. The molecule has 3 nitrogen and oxygen atoms in total. The zero-order valence-electron chi connectivity index (χ0n) is 10.4. The van der Waals surface area contributed by atoms with E-state index in [9.17, 15) is 8.42 Å². The van der Waals surface area contributed by atoms with E-state index < -0.39 is 9.84 Å². The Morgan fingerprint density at radius 1 is 1.12 bits per heavy atom. The highest BCUT2D eigenvalue weighted by Gasteiger charge is 2.13. The van der Waals surface area contributed by atoms with Gasteiger partial charge in [-0.2, -0.15) is 0 Å². The molecule has 0 aromatic heterocycles. The summed E-state index contributed by atoms with van der Waals surface area (Å²) in [6, 6.07) is 6.51. The average molecular weight is 255 g/mol. The molecule has 96 valence electrons. The fraction of sp³-hybridized carbons (Fsp3) is 0.538. The number of unbranched alkanes of at least 4 members (excludes halogenated alkanes) is 4. The smallest absolute Gasteiger partial charge is 0.178 e. The van der Waals surface area contributed by atoms with Crippen molar-refractivity contribution in [3.05, 3.63) is 24.3 Å². The van der Waals surface area contributed by atoms with Crippen molar-refractivity contribution in [2.45, 2.75) is 43.9 Å². The molecule has 0 aliphatic heterocycles. The average Bonchev–Trinajstić information content (AvgIpc) is 2.29. The van der Waals surface area contributed by atoms with Crippen LogP contribution >= 0.6 is 0 Å². The van der Waals surface area contributed by atoms with Crippen LogP contribution in [0.5, 0.6) is 0 Å². The van der Waals surface area contributed by atoms with E-state index in [0.29, 0.717) is 10.6 Å². The first kappa shape index (κ1) is 14.0. The highest BCUT2D eigenvalue weighted by atomic mass is 32.2. The molecule has 0 unspecified atom stereocenters. The van der Waals surface area contributed by atoms with Gasteiger partial charge in [-0.1, -0.05) is 38.7 Å². The van der Waals surface area contributed by atoms with Gasteiger partial charge in [0.2, 0.25) is 0 Å². The Labute approximate surface area is 104 Å². The van der Waals surface area contributed by atoms with Crippen LogP contribution in [0.25, 0.3) is 0 Å². The quantitative estimate of drug-likeness (QED) is 0.602. The molecule has 17 heavy (non-hydrogen) atoms. The molecule has 0 radical (unpaired) electrons. The molecule has 0 bridgehead atoms. The maximum atomic E-state index is 12.0. The van der Waals surface area contributed by atoms with Crippen molar-refractivity contribution in [2.75, 3.05) is 11.5 Å². The summed E-state index contributed by atoms with van der Waals surface area (Å²) in [4.78, 5) is 0.341. The molecule has 0 saturated carbocycles. The van der Waals surface area contributed by atoms with E-state index >= 15 is 0 Å². The minimum absolute atomic E-state index is 0.222. The predicted octanol–water partition coefficient (Wildman–Crippen LogP) is 3.01.